The molecule has 1 amide bonds. The van der Waals surface area contributed by atoms with Crippen LogP contribution in [-0.4, -0.2) is 18.0 Å². The highest BCUT2D eigenvalue weighted by atomic mass is 79.9. The van der Waals surface area contributed by atoms with E-state index >= 15 is 0 Å². The van der Waals surface area contributed by atoms with Crippen molar-refractivity contribution in [1.29, 1.82) is 0 Å². The molecule has 0 unspecified atom stereocenters. The summed E-state index contributed by atoms with van der Waals surface area (Å²) < 4.78 is 5.91. The number of amides is 1. The van der Waals surface area contributed by atoms with Crippen LogP contribution >= 0.6 is 15.9 Å². The van der Waals surface area contributed by atoms with E-state index in [-0.39, 0.29) is 5.91 Å². The predicted molar refractivity (Wildman–Crippen MR) is 102 cm³/mol. The number of carbonyl (C=O) groups excluding carboxylic acids is 2. The van der Waals surface area contributed by atoms with Crippen molar-refractivity contribution in [2.75, 3.05) is 5.32 Å². The summed E-state index contributed by atoms with van der Waals surface area (Å²) in [5, 5.41) is 4.79. The molecule has 0 bridgehead atoms. The molecule has 3 rings (SSSR count). The lowest BCUT2D eigenvalue weighted by Crippen LogP contribution is -2.30. The summed E-state index contributed by atoms with van der Waals surface area (Å²) in [5.41, 5.74) is 1.07. The number of hydrogen-bond acceptors (Lipinski definition) is 3. The van der Waals surface area contributed by atoms with E-state index < -0.39 is 12.1 Å². The first-order valence-corrected chi connectivity index (χ1v) is 8.59. The van der Waals surface area contributed by atoms with Crippen LogP contribution in [-0.2, 0) is 9.53 Å². The first kappa shape index (κ1) is 17.2. The van der Waals surface area contributed by atoms with E-state index in [4.69, 9.17) is 4.74 Å². The highest BCUT2D eigenvalue weighted by molar-refractivity contribution is 9.10. The van der Waals surface area contributed by atoms with E-state index in [0.29, 0.717) is 15.7 Å². The fraction of sp³-hybridized carbons (Fsp3) is 0.100. The van der Waals surface area contributed by atoms with E-state index in [9.17, 15) is 9.59 Å². The molecule has 0 saturated heterocycles. The van der Waals surface area contributed by atoms with Gasteiger partial charge in [0.15, 0.2) is 6.10 Å². The molecule has 0 aromatic heterocycles. The number of nitrogens with one attached hydrogen (secondary N) is 1. The fourth-order valence-electron chi connectivity index (χ4n) is 2.47. The zero-order valence-electron chi connectivity index (χ0n) is 13.5. The Bertz CT molecular complexity index is 934. The molecule has 126 valence electrons. The Morgan fingerprint density at radius 2 is 1.64 bits per heavy atom. The maximum Gasteiger partial charge on any atom is 0.340 e. The van der Waals surface area contributed by atoms with Crippen LogP contribution in [0.15, 0.2) is 71.2 Å². The Labute approximate surface area is 153 Å². The normalized spacial score (nSPS) is 11.8. The second-order valence-corrected chi connectivity index (χ2v) is 6.40. The molecule has 0 aliphatic carbocycles. The second-order valence-electron chi connectivity index (χ2n) is 5.54. The van der Waals surface area contributed by atoms with Gasteiger partial charge in [0.05, 0.1) is 5.56 Å². The quantitative estimate of drug-likeness (QED) is 0.644. The summed E-state index contributed by atoms with van der Waals surface area (Å²) in [6, 6.07) is 20.4. The number of benzene rings is 3. The number of esters is 1. The average molecular weight is 398 g/mol. The summed E-state index contributed by atoms with van der Waals surface area (Å²) >= 11 is 3.30. The molecule has 0 aliphatic heterocycles. The van der Waals surface area contributed by atoms with Crippen LogP contribution in [0, 0.1) is 0 Å². The molecule has 0 saturated carbocycles. The van der Waals surface area contributed by atoms with Crippen LogP contribution < -0.4 is 5.32 Å². The van der Waals surface area contributed by atoms with Crippen molar-refractivity contribution >= 4 is 44.3 Å². The van der Waals surface area contributed by atoms with Gasteiger partial charge in [0.1, 0.15) is 0 Å². The lowest BCUT2D eigenvalue weighted by Gasteiger charge is -2.15. The first-order chi connectivity index (χ1) is 12.1. The van der Waals surface area contributed by atoms with Gasteiger partial charge in [-0.3, -0.25) is 4.79 Å². The van der Waals surface area contributed by atoms with Crippen LogP contribution in [0.2, 0.25) is 0 Å². The molecule has 3 aromatic rings. The number of halogens is 1. The third-order valence-electron chi connectivity index (χ3n) is 3.79. The van der Waals surface area contributed by atoms with Gasteiger partial charge in [-0.05, 0) is 46.4 Å². The highest BCUT2D eigenvalue weighted by Gasteiger charge is 2.20. The van der Waals surface area contributed by atoms with Crippen molar-refractivity contribution in [2.24, 2.45) is 0 Å². The molecule has 5 heteroatoms. The first-order valence-electron chi connectivity index (χ1n) is 7.80. The number of hydrogen-bond donors (Lipinski definition) is 1. The monoisotopic (exact) mass is 397 g/mol. The van der Waals surface area contributed by atoms with Crippen LogP contribution in [0.25, 0.3) is 10.8 Å². The minimum absolute atomic E-state index is 0.378. The molecule has 3 aromatic carbocycles. The Hall–Kier alpha value is -2.66. The van der Waals surface area contributed by atoms with Gasteiger partial charge in [0.2, 0.25) is 0 Å². The summed E-state index contributed by atoms with van der Waals surface area (Å²) in [7, 11) is 0. The summed E-state index contributed by atoms with van der Waals surface area (Å²) in [6.45, 7) is 1.55. The maximum absolute atomic E-state index is 12.4. The molecule has 0 heterocycles. The van der Waals surface area contributed by atoms with Crippen LogP contribution in [0.4, 0.5) is 5.69 Å². The van der Waals surface area contributed by atoms with Gasteiger partial charge in [0.25, 0.3) is 5.91 Å². The Kier molecular flexibility index (Phi) is 5.14. The number of rotatable bonds is 4. The Morgan fingerprint density at radius 3 is 2.44 bits per heavy atom. The average Bonchev–Trinajstić information content (AvgIpc) is 2.62. The minimum Gasteiger partial charge on any atom is -0.449 e. The second kappa shape index (κ2) is 7.49. The SMILES string of the molecule is C[C@@H](OC(=O)c1ccccc1Br)C(=O)Nc1cccc2ccccc12. The third kappa shape index (κ3) is 3.88. The molecular formula is C20H16BrNO3. The highest BCUT2D eigenvalue weighted by Crippen LogP contribution is 2.23. The summed E-state index contributed by atoms with van der Waals surface area (Å²) in [4.78, 5) is 24.6. The molecule has 0 aliphatic rings. The predicted octanol–water partition coefficient (Wildman–Crippen LogP) is 4.79. The smallest absolute Gasteiger partial charge is 0.340 e. The van der Waals surface area contributed by atoms with Crippen molar-refractivity contribution in [1.82, 2.24) is 0 Å². The van der Waals surface area contributed by atoms with Gasteiger partial charge >= 0.3 is 5.97 Å². The maximum atomic E-state index is 12.4. The Balaban J connectivity index is 1.72. The molecule has 0 spiro atoms. The summed E-state index contributed by atoms with van der Waals surface area (Å²) in [6.07, 6.45) is -0.918. The molecule has 25 heavy (non-hydrogen) atoms. The van der Waals surface area contributed by atoms with Gasteiger partial charge in [-0.2, -0.15) is 0 Å². The molecular weight excluding hydrogens is 382 g/mol. The lowest BCUT2D eigenvalue weighted by atomic mass is 10.1. The minimum atomic E-state index is -0.918. The van der Waals surface area contributed by atoms with E-state index in [1.165, 1.54) is 0 Å². The van der Waals surface area contributed by atoms with Crippen LogP contribution in [0.1, 0.15) is 17.3 Å². The number of fused-ring (bicyclic) bond motifs is 1. The molecule has 4 nitrogen and oxygen atoms in total. The Morgan fingerprint density at radius 1 is 0.960 bits per heavy atom. The number of carbonyl (C=O) groups is 2. The molecule has 0 radical (unpaired) electrons. The van der Waals surface area contributed by atoms with Gasteiger partial charge in [-0.15, -0.1) is 0 Å². The standard InChI is InChI=1S/C20H16BrNO3/c1-13(25-20(24)16-10-4-5-11-17(16)21)19(23)22-18-12-6-8-14-7-2-3-9-15(14)18/h2-13H,1H3,(H,22,23)/t13-/m1/s1. The van der Waals surface area contributed by atoms with Crippen molar-refractivity contribution in [3.05, 3.63) is 76.8 Å². The van der Waals surface area contributed by atoms with Gasteiger partial charge < -0.3 is 10.1 Å². The van der Waals surface area contributed by atoms with Crippen LogP contribution in [0.5, 0.6) is 0 Å². The van der Waals surface area contributed by atoms with E-state index in [1.807, 2.05) is 42.5 Å². The van der Waals surface area contributed by atoms with Crippen molar-refractivity contribution in [3.8, 4) is 0 Å². The van der Waals surface area contributed by atoms with Gasteiger partial charge in [-0.25, -0.2) is 4.79 Å². The molecule has 0 fully saturated rings. The molecule has 1 N–H and O–H groups in total. The molecule has 1 atom stereocenters. The topological polar surface area (TPSA) is 55.4 Å². The fourth-order valence-corrected chi connectivity index (χ4v) is 2.92. The number of anilines is 1. The van der Waals surface area contributed by atoms with Crippen LogP contribution in [0.3, 0.4) is 0 Å². The zero-order chi connectivity index (χ0) is 17.8. The van der Waals surface area contributed by atoms with Crippen molar-refractivity contribution in [3.63, 3.8) is 0 Å². The third-order valence-corrected chi connectivity index (χ3v) is 4.49. The van der Waals surface area contributed by atoms with Gasteiger partial charge in [0, 0.05) is 15.5 Å². The largest absolute Gasteiger partial charge is 0.449 e. The number of ether oxygens (including phenoxy) is 1. The summed E-state index contributed by atoms with van der Waals surface area (Å²) in [5.74, 6) is -0.926. The van der Waals surface area contributed by atoms with E-state index in [0.717, 1.165) is 10.8 Å². The van der Waals surface area contributed by atoms with Crippen molar-refractivity contribution in [2.45, 2.75) is 13.0 Å². The van der Waals surface area contributed by atoms with E-state index in [2.05, 4.69) is 21.2 Å². The zero-order valence-corrected chi connectivity index (χ0v) is 15.1. The van der Waals surface area contributed by atoms with Gasteiger partial charge in [-0.1, -0.05) is 48.5 Å². The van der Waals surface area contributed by atoms with Crippen molar-refractivity contribution < 1.29 is 14.3 Å². The van der Waals surface area contributed by atoms with E-state index in [1.54, 1.807) is 31.2 Å². The lowest BCUT2D eigenvalue weighted by molar-refractivity contribution is -0.123.